The largest absolute Gasteiger partial charge is 0.480 e. The maximum Gasteiger partial charge on any atom is 0.322 e. The lowest BCUT2D eigenvalue weighted by Crippen LogP contribution is -2.48. The zero-order valence-corrected chi connectivity index (χ0v) is 13.1. The molecule has 1 fully saturated rings. The number of carboxylic acid groups (broad SMARTS) is 1. The second kappa shape index (κ2) is 6.77. The Bertz CT molecular complexity index is 617. The van der Waals surface area contributed by atoms with Crippen LogP contribution in [0.2, 0.25) is 5.02 Å². The van der Waals surface area contributed by atoms with Gasteiger partial charge < -0.3 is 5.11 Å². The summed E-state index contributed by atoms with van der Waals surface area (Å²) < 4.78 is 25.9. The highest BCUT2D eigenvalue weighted by molar-refractivity contribution is 7.89. The minimum atomic E-state index is -3.60. The van der Waals surface area contributed by atoms with Crippen LogP contribution in [0.15, 0.2) is 24.3 Å². The van der Waals surface area contributed by atoms with Gasteiger partial charge in [0.05, 0.1) is 5.75 Å². The number of hydrogen-bond acceptors (Lipinski definition) is 3. The molecule has 116 valence electrons. The van der Waals surface area contributed by atoms with E-state index >= 15 is 0 Å². The second-order valence-electron chi connectivity index (χ2n) is 5.12. The number of benzene rings is 1. The smallest absolute Gasteiger partial charge is 0.322 e. The molecule has 0 aliphatic carbocycles. The molecule has 1 N–H and O–H groups in total. The van der Waals surface area contributed by atoms with E-state index in [-0.39, 0.29) is 18.7 Å². The molecule has 5 nitrogen and oxygen atoms in total. The molecule has 1 aliphatic heterocycles. The molecule has 1 atom stereocenters. The van der Waals surface area contributed by atoms with Crippen molar-refractivity contribution in [3.8, 4) is 0 Å². The molecule has 0 saturated carbocycles. The molecule has 2 rings (SSSR count). The van der Waals surface area contributed by atoms with Crippen LogP contribution in [0.25, 0.3) is 0 Å². The number of carbonyl (C=O) groups is 1. The number of nitrogens with zero attached hydrogens (tertiary/aromatic N) is 1. The average molecular weight is 332 g/mol. The van der Waals surface area contributed by atoms with E-state index in [1.807, 2.05) is 0 Å². The number of piperidine rings is 1. The summed E-state index contributed by atoms with van der Waals surface area (Å²) in [6.07, 6.45) is 2.11. The molecular weight excluding hydrogens is 314 g/mol. The zero-order valence-electron chi connectivity index (χ0n) is 11.5. The highest BCUT2D eigenvalue weighted by atomic mass is 35.5. The first-order chi connectivity index (χ1) is 9.92. The maximum atomic E-state index is 12.4. The van der Waals surface area contributed by atoms with Crippen molar-refractivity contribution in [2.24, 2.45) is 0 Å². The molecular formula is C14H18ClNO4S. The van der Waals surface area contributed by atoms with Crippen molar-refractivity contribution in [3.05, 3.63) is 34.9 Å². The predicted molar refractivity (Wildman–Crippen MR) is 80.9 cm³/mol. The van der Waals surface area contributed by atoms with Gasteiger partial charge in [0.1, 0.15) is 6.04 Å². The topological polar surface area (TPSA) is 74.7 Å². The minimum Gasteiger partial charge on any atom is -0.480 e. The number of aliphatic carboxylic acids is 1. The first-order valence-electron chi connectivity index (χ1n) is 6.87. The fourth-order valence-electron chi connectivity index (χ4n) is 2.54. The summed E-state index contributed by atoms with van der Waals surface area (Å²) in [6.45, 7) is 0.280. The Morgan fingerprint density at radius 1 is 1.33 bits per heavy atom. The van der Waals surface area contributed by atoms with Gasteiger partial charge >= 0.3 is 5.97 Å². The fourth-order valence-corrected chi connectivity index (χ4v) is 4.48. The molecule has 0 spiro atoms. The van der Waals surface area contributed by atoms with Crippen LogP contribution >= 0.6 is 11.6 Å². The van der Waals surface area contributed by atoms with Crippen molar-refractivity contribution in [3.63, 3.8) is 0 Å². The molecule has 1 aromatic rings. The number of sulfonamides is 1. The highest BCUT2D eigenvalue weighted by Crippen LogP contribution is 2.22. The number of halogens is 1. The lowest BCUT2D eigenvalue weighted by atomic mass is 10.1. The van der Waals surface area contributed by atoms with Gasteiger partial charge in [0.25, 0.3) is 0 Å². The molecule has 1 saturated heterocycles. The number of hydrogen-bond donors (Lipinski definition) is 1. The Morgan fingerprint density at radius 3 is 2.71 bits per heavy atom. The summed E-state index contributed by atoms with van der Waals surface area (Å²) in [7, 11) is -3.60. The Balaban J connectivity index is 2.10. The molecule has 1 unspecified atom stereocenters. The molecule has 1 aromatic carbocycles. The van der Waals surface area contributed by atoms with E-state index in [0.717, 1.165) is 16.3 Å². The van der Waals surface area contributed by atoms with Crippen LogP contribution in [0.1, 0.15) is 24.8 Å². The molecule has 7 heteroatoms. The van der Waals surface area contributed by atoms with Crippen LogP contribution in [0.3, 0.4) is 0 Å². The average Bonchev–Trinajstić information content (AvgIpc) is 2.46. The summed E-state index contributed by atoms with van der Waals surface area (Å²) in [5, 5.41) is 9.70. The monoisotopic (exact) mass is 331 g/mol. The van der Waals surface area contributed by atoms with Crippen molar-refractivity contribution in [1.29, 1.82) is 0 Å². The van der Waals surface area contributed by atoms with E-state index in [1.165, 1.54) is 0 Å². The van der Waals surface area contributed by atoms with Crippen molar-refractivity contribution in [2.45, 2.75) is 31.7 Å². The van der Waals surface area contributed by atoms with Crippen molar-refractivity contribution >= 4 is 27.6 Å². The van der Waals surface area contributed by atoms with Gasteiger partial charge in [-0.15, -0.1) is 0 Å². The molecule has 0 bridgehead atoms. The van der Waals surface area contributed by atoms with E-state index in [4.69, 9.17) is 11.6 Å². The summed E-state index contributed by atoms with van der Waals surface area (Å²) >= 11 is 6.02. The maximum absolute atomic E-state index is 12.4. The summed E-state index contributed by atoms with van der Waals surface area (Å²) in [5.74, 6) is -1.20. The first kappa shape index (κ1) is 16.3. The summed E-state index contributed by atoms with van der Waals surface area (Å²) in [4.78, 5) is 11.2. The van der Waals surface area contributed by atoms with Crippen molar-refractivity contribution in [1.82, 2.24) is 4.31 Å². The SMILES string of the molecule is O=C(O)C1CCCCN1S(=O)(=O)CCc1ccccc1Cl. The Morgan fingerprint density at radius 2 is 2.05 bits per heavy atom. The van der Waals surface area contributed by atoms with E-state index in [1.54, 1.807) is 24.3 Å². The summed E-state index contributed by atoms with van der Waals surface area (Å²) in [5.41, 5.74) is 0.756. The summed E-state index contributed by atoms with van der Waals surface area (Å²) in [6, 6.07) is 6.14. The van der Waals surface area contributed by atoms with Gasteiger partial charge in [-0.3, -0.25) is 4.79 Å². The second-order valence-corrected chi connectivity index (χ2v) is 7.57. The molecule has 1 aliphatic rings. The van der Waals surface area contributed by atoms with Crippen LogP contribution < -0.4 is 0 Å². The number of carboxylic acids is 1. The quantitative estimate of drug-likeness (QED) is 0.897. The normalized spacial score (nSPS) is 20.3. The third-order valence-electron chi connectivity index (χ3n) is 3.68. The molecule has 0 amide bonds. The Hall–Kier alpha value is -1.11. The standard InChI is InChI=1S/C14H18ClNO4S/c15-12-6-2-1-5-11(12)8-10-21(19,20)16-9-4-3-7-13(16)14(17)18/h1-2,5-6,13H,3-4,7-10H2,(H,17,18). The zero-order chi connectivity index (χ0) is 15.5. The van der Waals surface area contributed by atoms with Gasteiger partial charge in [0.15, 0.2) is 0 Å². The van der Waals surface area contributed by atoms with Crippen LogP contribution in [0, 0.1) is 0 Å². The number of aryl methyl sites for hydroxylation is 1. The van der Waals surface area contributed by atoms with E-state index in [9.17, 15) is 18.3 Å². The van der Waals surface area contributed by atoms with Crippen molar-refractivity contribution < 1.29 is 18.3 Å². The van der Waals surface area contributed by atoms with E-state index < -0.39 is 22.0 Å². The van der Waals surface area contributed by atoms with E-state index in [0.29, 0.717) is 17.9 Å². The van der Waals surface area contributed by atoms with Gasteiger partial charge in [0.2, 0.25) is 10.0 Å². The highest BCUT2D eigenvalue weighted by Gasteiger charge is 2.36. The third-order valence-corrected chi connectivity index (χ3v) is 5.92. The number of rotatable bonds is 5. The van der Waals surface area contributed by atoms with E-state index in [2.05, 4.69) is 0 Å². The van der Waals surface area contributed by atoms with Crippen LogP contribution in [-0.2, 0) is 21.2 Å². The lowest BCUT2D eigenvalue weighted by molar-refractivity contribution is -0.142. The minimum absolute atomic E-state index is 0.124. The Kier molecular flexibility index (Phi) is 5.24. The van der Waals surface area contributed by atoms with Gasteiger partial charge in [-0.1, -0.05) is 29.8 Å². The molecule has 1 heterocycles. The third kappa shape index (κ3) is 3.96. The van der Waals surface area contributed by atoms with Gasteiger partial charge in [-0.25, -0.2) is 8.42 Å². The Labute approximate surface area is 129 Å². The van der Waals surface area contributed by atoms with Gasteiger partial charge in [0, 0.05) is 11.6 Å². The van der Waals surface area contributed by atoms with Crippen molar-refractivity contribution in [2.75, 3.05) is 12.3 Å². The van der Waals surface area contributed by atoms with Gasteiger partial charge in [-0.2, -0.15) is 4.31 Å². The van der Waals surface area contributed by atoms with Crippen LogP contribution in [0.5, 0.6) is 0 Å². The predicted octanol–water partition coefficient (Wildman–Crippen LogP) is 2.15. The first-order valence-corrected chi connectivity index (χ1v) is 8.86. The van der Waals surface area contributed by atoms with Gasteiger partial charge in [-0.05, 0) is 37.3 Å². The molecule has 21 heavy (non-hydrogen) atoms. The lowest BCUT2D eigenvalue weighted by Gasteiger charge is -2.31. The van der Waals surface area contributed by atoms with Crippen LogP contribution in [0.4, 0.5) is 0 Å². The van der Waals surface area contributed by atoms with Crippen LogP contribution in [-0.4, -0.2) is 42.1 Å². The molecule has 0 radical (unpaired) electrons. The molecule has 0 aromatic heterocycles. The fraction of sp³-hybridized carbons (Fsp3) is 0.500.